The van der Waals surface area contributed by atoms with Crippen LogP contribution in [0.5, 0.6) is 5.75 Å². The average molecular weight is 335 g/mol. The third-order valence-corrected chi connectivity index (χ3v) is 6.29. The molecule has 1 atom stereocenters. The highest BCUT2D eigenvalue weighted by molar-refractivity contribution is 7.97. The molecule has 3 aromatic rings. The lowest BCUT2D eigenvalue weighted by Crippen LogP contribution is -2.11. The second-order valence-corrected chi connectivity index (χ2v) is 8.86. The molecule has 2 heteroatoms. The fourth-order valence-corrected chi connectivity index (χ4v) is 4.78. The lowest BCUT2D eigenvalue weighted by molar-refractivity contribution is 0.462. The average Bonchev–Trinajstić information content (AvgIpc) is 2.58. The molecule has 0 aromatic heterocycles. The molecule has 0 fully saturated rings. The maximum absolute atomic E-state index is 10.4. The van der Waals surface area contributed by atoms with Crippen LogP contribution in [0.2, 0.25) is 0 Å². The summed E-state index contributed by atoms with van der Waals surface area (Å²) >= 11 is 0. The summed E-state index contributed by atoms with van der Waals surface area (Å²) in [5.74, 6) is 0.351. The number of para-hydroxylation sites is 1. The van der Waals surface area contributed by atoms with Crippen LogP contribution in [-0.2, 0) is 16.3 Å². The quantitative estimate of drug-likeness (QED) is 0.601. The molecule has 0 saturated carbocycles. The van der Waals surface area contributed by atoms with Crippen LogP contribution < -0.4 is 0 Å². The van der Waals surface area contributed by atoms with Crippen molar-refractivity contribution in [3.05, 3.63) is 84.4 Å². The molecule has 0 aliphatic carbocycles. The van der Waals surface area contributed by atoms with Gasteiger partial charge >= 0.3 is 0 Å². The van der Waals surface area contributed by atoms with Gasteiger partial charge in [-0.2, -0.15) is 0 Å². The molecule has 0 aliphatic rings. The summed E-state index contributed by atoms with van der Waals surface area (Å²) in [7, 11) is -0.311. The van der Waals surface area contributed by atoms with E-state index >= 15 is 0 Å². The van der Waals surface area contributed by atoms with Crippen LogP contribution in [0.15, 0.2) is 93.5 Å². The number of hydrogen-bond donors (Lipinski definition) is 1. The third kappa shape index (κ3) is 3.49. The molecule has 1 nitrogen and oxygen atoms in total. The van der Waals surface area contributed by atoms with E-state index in [9.17, 15) is 5.11 Å². The Bertz CT molecular complexity index is 801. The van der Waals surface area contributed by atoms with Crippen molar-refractivity contribution in [1.82, 2.24) is 0 Å². The Balaban J connectivity index is 2.11. The zero-order chi connectivity index (χ0) is 17.2. The van der Waals surface area contributed by atoms with E-state index in [-0.39, 0.29) is 16.3 Å². The first-order valence-electron chi connectivity index (χ1n) is 8.15. The lowest BCUT2D eigenvalue weighted by atomic mass is 9.87. The Labute approximate surface area is 147 Å². The summed E-state index contributed by atoms with van der Waals surface area (Å²) in [6.07, 6.45) is 0. The minimum Gasteiger partial charge on any atom is -0.503 e. The van der Waals surface area contributed by atoms with E-state index in [0.717, 1.165) is 4.90 Å². The zero-order valence-corrected chi connectivity index (χ0v) is 15.2. The van der Waals surface area contributed by atoms with Gasteiger partial charge in [0.05, 0.1) is 0 Å². The molecule has 0 bridgehead atoms. The summed E-state index contributed by atoms with van der Waals surface area (Å²) in [6.45, 7) is 6.67. The topological polar surface area (TPSA) is 20.2 Å². The number of hydrogen-bond acceptors (Lipinski definition) is 1. The van der Waals surface area contributed by atoms with Crippen LogP contribution in [0, 0.1) is 0 Å². The van der Waals surface area contributed by atoms with Gasteiger partial charge in [0.15, 0.2) is 15.5 Å². The third-order valence-electron chi connectivity index (χ3n) is 4.02. The molecular formula is C22H23OS+. The van der Waals surface area contributed by atoms with E-state index in [0.29, 0.717) is 5.75 Å². The van der Waals surface area contributed by atoms with Crippen LogP contribution in [0.1, 0.15) is 26.3 Å². The van der Waals surface area contributed by atoms with Gasteiger partial charge in [0.25, 0.3) is 0 Å². The molecule has 0 spiro atoms. The predicted octanol–water partition coefficient (Wildman–Crippen LogP) is 5.79. The highest BCUT2D eigenvalue weighted by Crippen LogP contribution is 2.36. The van der Waals surface area contributed by atoms with Gasteiger partial charge in [0.2, 0.25) is 4.90 Å². The normalized spacial score (nSPS) is 12.8. The highest BCUT2D eigenvalue weighted by atomic mass is 32.2. The molecule has 3 rings (SSSR count). The predicted molar refractivity (Wildman–Crippen MR) is 102 cm³/mol. The molecule has 3 aromatic carbocycles. The van der Waals surface area contributed by atoms with Crippen LogP contribution in [0.25, 0.3) is 0 Å². The number of benzene rings is 3. The standard InChI is InChI=1S/C22H22OS/c1-22(2,3)17-13-15-19(16-14-17)24(18-9-5-4-6-10-18)21-12-8-7-11-20(21)23/h4-16H,1-3H3/p+1. The van der Waals surface area contributed by atoms with E-state index in [1.54, 1.807) is 6.07 Å². The van der Waals surface area contributed by atoms with Gasteiger partial charge in [-0.15, -0.1) is 0 Å². The van der Waals surface area contributed by atoms with Crippen molar-refractivity contribution in [1.29, 1.82) is 0 Å². The van der Waals surface area contributed by atoms with E-state index in [4.69, 9.17) is 0 Å². The summed E-state index contributed by atoms with van der Waals surface area (Å²) in [4.78, 5) is 3.39. The molecule has 0 saturated heterocycles. The van der Waals surface area contributed by atoms with Crippen molar-refractivity contribution in [3.63, 3.8) is 0 Å². The SMILES string of the molecule is CC(C)(C)c1ccc([S+](c2ccccc2)c2ccccc2O)cc1. The lowest BCUT2D eigenvalue weighted by Gasteiger charge is -2.19. The first-order valence-corrected chi connectivity index (χ1v) is 9.37. The largest absolute Gasteiger partial charge is 0.503 e. The Morgan fingerprint density at radius 1 is 0.667 bits per heavy atom. The zero-order valence-electron chi connectivity index (χ0n) is 14.4. The molecule has 0 radical (unpaired) electrons. The van der Waals surface area contributed by atoms with Gasteiger partial charge in [0.1, 0.15) is 10.9 Å². The summed E-state index contributed by atoms with van der Waals surface area (Å²) in [6, 6.07) is 26.8. The van der Waals surface area contributed by atoms with E-state index in [1.165, 1.54) is 15.4 Å². The Kier molecular flexibility index (Phi) is 4.68. The smallest absolute Gasteiger partial charge is 0.208 e. The number of phenols is 1. The van der Waals surface area contributed by atoms with Crippen molar-refractivity contribution >= 4 is 10.9 Å². The van der Waals surface area contributed by atoms with Gasteiger partial charge < -0.3 is 5.11 Å². The van der Waals surface area contributed by atoms with Crippen molar-refractivity contribution in [2.45, 2.75) is 40.9 Å². The summed E-state index contributed by atoms with van der Waals surface area (Å²) in [5, 5.41) is 10.4. The van der Waals surface area contributed by atoms with E-state index < -0.39 is 0 Å². The molecular weight excluding hydrogens is 312 g/mol. The van der Waals surface area contributed by atoms with E-state index in [2.05, 4.69) is 69.3 Å². The summed E-state index contributed by atoms with van der Waals surface area (Å²) in [5.41, 5.74) is 1.46. The molecule has 122 valence electrons. The maximum Gasteiger partial charge on any atom is 0.208 e. The van der Waals surface area contributed by atoms with Gasteiger partial charge in [-0.25, -0.2) is 0 Å². The fourth-order valence-electron chi connectivity index (χ4n) is 2.67. The minimum absolute atomic E-state index is 0.138. The van der Waals surface area contributed by atoms with Gasteiger partial charge in [-0.05, 0) is 47.4 Å². The molecule has 0 heterocycles. The molecule has 24 heavy (non-hydrogen) atoms. The van der Waals surface area contributed by atoms with E-state index in [1.807, 2.05) is 24.3 Å². The second kappa shape index (κ2) is 6.74. The monoisotopic (exact) mass is 335 g/mol. The highest BCUT2D eigenvalue weighted by Gasteiger charge is 2.31. The molecule has 0 aliphatic heterocycles. The number of phenolic OH excluding ortho intramolecular Hbond substituents is 1. The van der Waals surface area contributed by atoms with Crippen LogP contribution in [-0.4, -0.2) is 5.11 Å². The molecule has 0 amide bonds. The molecule has 1 unspecified atom stereocenters. The van der Waals surface area contributed by atoms with Crippen molar-refractivity contribution in [2.24, 2.45) is 0 Å². The van der Waals surface area contributed by atoms with Crippen LogP contribution >= 0.6 is 0 Å². The second-order valence-electron chi connectivity index (χ2n) is 6.86. The summed E-state index contributed by atoms with van der Waals surface area (Å²) < 4.78 is 0. The van der Waals surface area contributed by atoms with Gasteiger partial charge in [-0.3, -0.25) is 0 Å². The first-order chi connectivity index (χ1) is 11.5. The Hall–Kier alpha value is -2.19. The van der Waals surface area contributed by atoms with Crippen LogP contribution in [0.4, 0.5) is 0 Å². The van der Waals surface area contributed by atoms with Gasteiger partial charge in [0, 0.05) is 0 Å². The minimum atomic E-state index is -0.311. The number of rotatable bonds is 3. The Morgan fingerprint density at radius 3 is 1.79 bits per heavy atom. The molecule has 1 N–H and O–H groups in total. The van der Waals surface area contributed by atoms with Crippen molar-refractivity contribution < 1.29 is 5.11 Å². The number of aromatic hydroxyl groups is 1. The Morgan fingerprint density at radius 2 is 1.21 bits per heavy atom. The van der Waals surface area contributed by atoms with Crippen LogP contribution in [0.3, 0.4) is 0 Å². The van der Waals surface area contributed by atoms with Gasteiger partial charge in [-0.1, -0.05) is 63.2 Å². The maximum atomic E-state index is 10.4. The van der Waals surface area contributed by atoms with Crippen molar-refractivity contribution in [2.75, 3.05) is 0 Å². The van der Waals surface area contributed by atoms with Crippen molar-refractivity contribution in [3.8, 4) is 5.75 Å². The first kappa shape index (κ1) is 16.7. The fraction of sp³-hybridized carbons (Fsp3) is 0.182.